The predicted molar refractivity (Wildman–Crippen MR) is 86.1 cm³/mol. The van der Waals surface area contributed by atoms with Crippen molar-refractivity contribution in [2.75, 3.05) is 39.6 Å². The molecule has 0 aliphatic carbocycles. The molecule has 0 radical (unpaired) electrons. The van der Waals surface area contributed by atoms with Gasteiger partial charge in [-0.25, -0.2) is 14.4 Å². The molecule has 0 amide bonds. The number of carbonyl (C=O) groups excluding carboxylic acids is 3. The Balaban J connectivity index is 4.22. The summed E-state index contributed by atoms with van der Waals surface area (Å²) in [6.45, 7) is 7.14. The van der Waals surface area contributed by atoms with Crippen LogP contribution in [0.15, 0.2) is 12.7 Å². The second-order valence-electron chi connectivity index (χ2n) is 4.69. The van der Waals surface area contributed by atoms with Crippen molar-refractivity contribution in [1.29, 1.82) is 0 Å². The lowest BCUT2D eigenvalue weighted by Crippen LogP contribution is -2.31. The van der Waals surface area contributed by atoms with Gasteiger partial charge >= 0.3 is 18.3 Å². The molecule has 0 aliphatic rings. The number of hydrogen-bond acceptors (Lipinski definition) is 9. The number of esters is 1. The Kier molecular flexibility index (Phi) is 13.9. The van der Waals surface area contributed by atoms with Crippen LogP contribution in [0.5, 0.6) is 0 Å². The van der Waals surface area contributed by atoms with Crippen molar-refractivity contribution in [3.63, 3.8) is 0 Å². The molecule has 9 nitrogen and oxygen atoms in total. The van der Waals surface area contributed by atoms with E-state index in [1.54, 1.807) is 0 Å². The Morgan fingerprint density at radius 3 is 2.08 bits per heavy atom. The van der Waals surface area contributed by atoms with E-state index in [0.717, 1.165) is 6.08 Å². The van der Waals surface area contributed by atoms with Crippen molar-refractivity contribution in [1.82, 2.24) is 0 Å². The highest BCUT2D eigenvalue weighted by atomic mass is 16.8. The Bertz CT molecular complexity index is 408. The maximum atomic E-state index is 11.5. The van der Waals surface area contributed by atoms with E-state index in [0.29, 0.717) is 12.8 Å². The lowest BCUT2D eigenvalue weighted by Gasteiger charge is -2.17. The molecule has 0 bridgehead atoms. The molecule has 144 valence electrons. The molecule has 0 aromatic heterocycles. The average Bonchev–Trinajstić information content (AvgIpc) is 2.61. The highest BCUT2D eigenvalue weighted by Gasteiger charge is 2.19. The van der Waals surface area contributed by atoms with Crippen LogP contribution in [0.2, 0.25) is 0 Å². The van der Waals surface area contributed by atoms with Gasteiger partial charge < -0.3 is 28.4 Å². The van der Waals surface area contributed by atoms with Crippen molar-refractivity contribution in [3.05, 3.63) is 12.7 Å². The molecule has 25 heavy (non-hydrogen) atoms. The lowest BCUT2D eigenvalue weighted by molar-refractivity contribution is -0.139. The lowest BCUT2D eigenvalue weighted by atomic mass is 10.4. The van der Waals surface area contributed by atoms with Crippen LogP contribution in [0.1, 0.15) is 26.7 Å². The van der Waals surface area contributed by atoms with E-state index in [1.165, 1.54) is 0 Å². The first-order chi connectivity index (χ1) is 12.0. The van der Waals surface area contributed by atoms with Crippen LogP contribution in [0.3, 0.4) is 0 Å². The molecule has 1 unspecified atom stereocenters. The SMILES string of the molecule is C=CC(=O)OCCOCC(COC(=O)OCCC)OC(=O)OCCC. The summed E-state index contributed by atoms with van der Waals surface area (Å²) in [4.78, 5) is 33.7. The summed E-state index contributed by atoms with van der Waals surface area (Å²) in [7, 11) is 0. The largest absolute Gasteiger partial charge is 0.508 e. The van der Waals surface area contributed by atoms with Crippen LogP contribution in [0.4, 0.5) is 9.59 Å². The Hall–Kier alpha value is -2.29. The molecule has 0 saturated carbocycles. The molecule has 0 spiro atoms. The van der Waals surface area contributed by atoms with Crippen LogP contribution >= 0.6 is 0 Å². The quantitative estimate of drug-likeness (QED) is 0.211. The molecule has 0 rings (SSSR count). The number of hydrogen-bond donors (Lipinski definition) is 0. The van der Waals surface area contributed by atoms with Gasteiger partial charge in [0.2, 0.25) is 0 Å². The van der Waals surface area contributed by atoms with Crippen LogP contribution in [-0.4, -0.2) is 64.0 Å². The topological polar surface area (TPSA) is 107 Å². The molecule has 0 aliphatic heterocycles. The zero-order valence-electron chi connectivity index (χ0n) is 14.7. The standard InChI is InChI=1S/C16H26O9/c1-4-7-22-15(18)24-12-13(25-16(19)23-8-5-2)11-20-9-10-21-14(17)6-3/h6,13H,3-5,7-12H2,1-2H3. The van der Waals surface area contributed by atoms with Crippen molar-refractivity contribution < 1.29 is 42.8 Å². The fraction of sp³-hybridized carbons (Fsp3) is 0.688. The number of carbonyl (C=O) groups is 3. The summed E-state index contributed by atoms with van der Waals surface area (Å²) in [5.74, 6) is -0.568. The first-order valence-electron chi connectivity index (χ1n) is 8.03. The van der Waals surface area contributed by atoms with E-state index in [4.69, 9.17) is 28.4 Å². The van der Waals surface area contributed by atoms with Crippen molar-refractivity contribution >= 4 is 18.3 Å². The molecule has 0 fully saturated rings. The van der Waals surface area contributed by atoms with Gasteiger partial charge in [0, 0.05) is 6.08 Å². The molecular weight excluding hydrogens is 336 g/mol. The molecule has 0 heterocycles. The van der Waals surface area contributed by atoms with Gasteiger partial charge in [0.05, 0.1) is 26.4 Å². The van der Waals surface area contributed by atoms with Gasteiger partial charge in [0.1, 0.15) is 13.2 Å². The van der Waals surface area contributed by atoms with E-state index in [2.05, 4.69) is 6.58 Å². The smallest absolute Gasteiger partial charge is 0.460 e. The number of ether oxygens (including phenoxy) is 6. The maximum Gasteiger partial charge on any atom is 0.508 e. The maximum absolute atomic E-state index is 11.5. The fourth-order valence-electron chi connectivity index (χ4n) is 1.33. The van der Waals surface area contributed by atoms with Crippen LogP contribution in [0, 0.1) is 0 Å². The zero-order chi connectivity index (χ0) is 18.9. The molecule has 0 saturated heterocycles. The van der Waals surface area contributed by atoms with Crippen molar-refractivity contribution in [3.8, 4) is 0 Å². The van der Waals surface area contributed by atoms with Gasteiger partial charge in [0.25, 0.3) is 0 Å². The van der Waals surface area contributed by atoms with Crippen molar-refractivity contribution in [2.24, 2.45) is 0 Å². The van der Waals surface area contributed by atoms with Crippen molar-refractivity contribution in [2.45, 2.75) is 32.8 Å². The highest BCUT2D eigenvalue weighted by Crippen LogP contribution is 2.01. The van der Waals surface area contributed by atoms with E-state index >= 15 is 0 Å². The van der Waals surface area contributed by atoms with E-state index in [-0.39, 0.29) is 39.6 Å². The van der Waals surface area contributed by atoms with Gasteiger partial charge in [-0.1, -0.05) is 20.4 Å². The van der Waals surface area contributed by atoms with E-state index in [9.17, 15) is 14.4 Å². The molecule has 0 aromatic rings. The summed E-state index contributed by atoms with van der Waals surface area (Å²) >= 11 is 0. The highest BCUT2D eigenvalue weighted by molar-refractivity contribution is 5.81. The molecule has 0 aromatic carbocycles. The first kappa shape index (κ1) is 22.7. The monoisotopic (exact) mass is 362 g/mol. The normalized spacial score (nSPS) is 11.1. The molecule has 0 N–H and O–H groups in total. The van der Waals surface area contributed by atoms with Gasteiger partial charge in [0.15, 0.2) is 6.10 Å². The summed E-state index contributed by atoms with van der Waals surface area (Å²) in [5, 5.41) is 0. The Labute approximate surface area is 147 Å². The minimum atomic E-state index is -0.890. The number of rotatable bonds is 13. The zero-order valence-corrected chi connectivity index (χ0v) is 14.7. The second-order valence-corrected chi connectivity index (χ2v) is 4.69. The summed E-state index contributed by atoms with van der Waals surface area (Å²) in [5.41, 5.74) is 0. The van der Waals surface area contributed by atoms with E-state index < -0.39 is 24.4 Å². The third-order valence-electron chi connectivity index (χ3n) is 2.44. The molecule has 9 heteroatoms. The predicted octanol–water partition coefficient (Wildman–Crippen LogP) is 2.23. The minimum absolute atomic E-state index is 0.0112. The first-order valence-corrected chi connectivity index (χ1v) is 8.03. The van der Waals surface area contributed by atoms with Gasteiger partial charge in [-0.15, -0.1) is 0 Å². The molecule has 1 atom stereocenters. The minimum Gasteiger partial charge on any atom is -0.460 e. The van der Waals surface area contributed by atoms with Crippen LogP contribution < -0.4 is 0 Å². The average molecular weight is 362 g/mol. The second kappa shape index (κ2) is 15.3. The third-order valence-corrected chi connectivity index (χ3v) is 2.44. The van der Waals surface area contributed by atoms with Gasteiger partial charge in [-0.05, 0) is 12.8 Å². The van der Waals surface area contributed by atoms with Gasteiger partial charge in [-0.3, -0.25) is 0 Å². The Morgan fingerprint density at radius 1 is 0.840 bits per heavy atom. The Morgan fingerprint density at radius 2 is 1.48 bits per heavy atom. The summed E-state index contributed by atoms with van der Waals surface area (Å²) in [6, 6.07) is 0. The van der Waals surface area contributed by atoms with Crippen LogP contribution in [-0.2, 0) is 33.2 Å². The summed E-state index contributed by atoms with van der Waals surface area (Å²) in [6.07, 6.45) is -0.300. The van der Waals surface area contributed by atoms with Gasteiger partial charge in [-0.2, -0.15) is 0 Å². The third kappa shape index (κ3) is 13.8. The summed E-state index contributed by atoms with van der Waals surface area (Å²) < 4.78 is 29.4. The van der Waals surface area contributed by atoms with E-state index in [1.807, 2.05) is 13.8 Å². The van der Waals surface area contributed by atoms with Crippen LogP contribution in [0.25, 0.3) is 0 Å². The fourth-order valence-corrected chi connectivity index (χ4v) is 1.33. The molecular formula is C16H26O9.